The Hall–Kier alpha value is -2.46. The van der Waals surface area contributed by atoms with Crippen molar-refractivity contribution in [2.45, 2.75) is 43.5 Å². The molecule has 0 saturated heterocycles. The van der Waals surface area contributed by atoms with Crippen molar-refractivity contribution in [3.05, 3.63) is 24.3 Å². The van der Waals surface area contributed by atoms with E-state index in [1.54, 1.807) is 0 Å². The summed E-state index contributed by atoms with van der Waals surface area (Å²) in [6.45, 7) is 0.388. The maximum Gasteiger partial charge on any atom is 0.321 e. The van der Waals surface area contributed by atoms with Crippen molar-refractivity contribution in [2.75, 3.05) is 25.5 Å². The Kier molecular flexibility index (Phi) is 7.53. The first-order chi connectivity index (χ1) is 13.2. The standard InChI is InChI=1S/C18H25N3O6S/c1-13(22)19-15-7-9-16(10-8-15)28(25,26)21(2)11-18(24)27-12-17(23)20-14-5-3-4-6-14/h7-10,14H,3-6,11-12H2,1-2H3,(H,19,22)(H,20,23). The van der Waals surface area contributed by atoms with Crippen molar-refractivity contribution in [1.82, 2.24) is 9.62 Å². The predicted molar refractivity (Wildman–Crippen MR) is 102 cm³/mol. The van der Waals surface area contributed by atoms with Gasteiger partial charge in [0.2, 0.25) is 15.9 Å². The summed E-state index contributed by atoms with van der Waals surface area (Å²) in [6, 6.07) is 5.69. The molecule has 2 N–H and O–H groups in total. The lowest BCUT2D eigenvalue weighted by Crippen LogP contribution is -2.38. The molecular formula is C18H25N3O6S. The Balaban J connectivity index is 1.85. The van der Waals surface area contributed by atoms with Gasteiger partial charge in [0, 0.05) is 25.7 Å². The summed E-state index contributed by atoms with van der Waals surface area (Å²) in [7, 11) is -2.67. The average molecular weight is 411 g/mol. The number of anilines is 1. The number of carbonyl (C=O) groups is 3. The molecule has 1 aliphatic rings. The molecule has 28 heavy (non-hydrogen) atoms. The van der Waals surface area contributed by atoms with Crippen LogP contribution in [0.15, 0.2) is 29.2 Å². The van der Waals surface area contributed by atoms with Crippen molar-refractivity contribution >= 4 is 33.5 Å². The van der Waals surface area contributed by atoms with Crippen molar-refractivity contribution in [2.24, 2.45) is 0 Å². The Bertz CT molecular complexity index is 816. The molecule has 1 aromatic rings. The summed E-state index contributed by atoms with van der Waals surface area (Å²) in [5.74, 6) is -1.48. The van der Waals surface area contributed by atoms with Gasteiger partial charge in [-0.1, -0.05) is 12.8 Å². The van der Waals surface area contributed by atoms with Gasteiger partial charge >= 0.3 is 5.97 Å². The molecule has 0 radical (unpaired) electrons. The average Bonchev–Trinajstić information content (AvgIpc) is 3.13. The molecular weight excluding hydrogens is 386 g/mol. The van der Waals surface area contributed by atoms with E-state index in [-0.39, 0.29) is 22.8 Å². The summed E-state index contributed by atoms with van der Waals surface area (Å²) in [5, 5.41) is 5.32. The molecule has 1 aliphatic carbocycles. The van der Waals surface area contributed by atoms with Gasteiger partial charge in [0.1, 0.15) is 6.54 Å². The van der Waals surface area contributed by atoms with Gasteiger partial charge in [0.25, 0.3) is 5.91 Å². The van der Waals surface area contributed by atoms with Crippen LogP contribution in [0.4, 0.5) is 5.69 Å². The largest absolute Gasteiger partial charge is 0.455 e. The number of amides is 2. The van der Waals surface area contributed by atoms with Gasteiger partial charge in [0.05, 0.1) is 4.90 Å². The number of carbonyl (C=O) groups excluding carboxylic acids is 3. The predicted octanol–water partition coefficient (Wildman–Crippen LogP) is 0.867. The van der Waals surface area contributed by atoms with E-state index < -0.39 is 29.1 Å². The highest BCUT2D eigenvalue weighted by atomic mass is 32.2. The lowest BCUT2D eigenvalue weighted by molar-refractivity contribution is -0.148. The van der Waals surface area contributed by atoms with Crippen LogP contribution < -0.4 is 10.6 Å². The monoisotopic (exact) mass is 411 g/mol. The van der Waals surface area contributed by atoms with E-state index in [4.69, 9.17) is 4.74 Å². The summed E-state index contributed by atoms with van der Waals surface area (Å²) in [5.41, 5.74) is 0.460. The minimum absolute atomic E-state index is 0.0316. The summed E-state index contributed by atoms with van der Waals surface area (Å²) >= 11 is 0. The highest BCUT2D eigenvalue weighted by molar-refractivity contribution is 7.89. The third-order valence-corrected chi connectivity index (χ3v) is 6.14. The third-order valence-electron chi connectivity index (χ3n) is 4.32. The van der Waals surface area contributed by atoms with E-state index in [9.17, 15) is 22.8 Å². The van der Waals surface area contributed by atoms with E-state index in [2.05, 4.69) is 10.6 Å². The Morgan fingerprint density at radius 1 is 1.14 bits per heavy atom. The molecule has 0 aromatic heterocycles. The van der Waals surface area contributed by atoms with Crippen LogP contribution in [0.2, 0.25) is 0 Å². The van der Waals surface area contributed by atoms with E-state index in [0.29, 0.717) is 5.69 Å². The molecule has 2 amide bonds. The number of nitrogens with one attached hydrogen (secondary N) is 2. The molecule has 154 valence electrons. The van der Waals surface area contributed by atoms with Crippen molar-refractivity contribution < 1.29 is 27.5 Å². The number of rotatable bonds is 8. The van der Waals surface area contributed by atoms with E-state index in [1.165, 1.54) is 38.2 Å². The number of benzene rings is 1. The SMILES string of the molecule is CC(=O)Nc1ccc(S(=O)(=O)N(C)CC(=O)OCC(=O)NC2CCCC2)cc1. The zero-order chi connectivity index (χ0) is 20.7. The number of nitrogens with zero attached hydrogens (tertiary/aromatic N) is 1. The molecule has 1 aromatic carbocycles. The minimum atomic E-state index is -3.92. The van der Waals surface area contributed by atoms with E-state index >= 15 is 0 Å². The van der Waals surface area contributed by atoms with Crippen LogP contribution in [0, 0.1) is 0 Å². The fraction of sp³-hybridized carbons (Fsp3) is 0.500. The van der Waals surface area contributed by atoms with Gasteiger partial charge < -0.3 is 15.4 Å². The molecule has 1 saturated carbocycles. The second-order valence-electron chi connectivity index (χ2n) is 6.68. The zero-order valence-corrected chi connectivity index (χ0v) is 16.8. The number of hydrogen-bond acceptors (Lipinski definition) is 6. The summed E-state index contributed by atoms with van der Waals surface area (Å²) < 4.78 is 30.8. The van der Waals surface area contributed by atoms with Crippen molar-refractivity contribution in [3.63, 3.8) is 0 Å². The zero-order valence-electron chi connectivity index (χ0n) is 15.9. The molecule has 10 heteroatoms. The smallest absolute Gasteiger partial charge is 0.321 e. The summed E-state index contributed by atoms with van der Waals surface area (Å²) in [6.07, 6.45) is 3.97. The van der Waals surface area contributed by atoms with E-state index in [0.717, 1.165) is 30.0 Å². The van der Waals surface area contributed by atoms with Crippen LogP contribution >= 0.6 is 0 Å². The fourth-order valence-corrected chi connectivity index (χ4v) is 4.01. The fourth-order valence-electron chi connectivity index (χ4n) is 2.89. The number of sulfonamides is 1. The van der Waals surface area contributed by atoms with Gasteiger partial charge in [-0.25, -0.2) is 8.42 Å². The first kappa shape index (κ1) is 21.8. The van der Waals surface area contributed by atoms with Crippen molar-refractivity contribution in [3.8, 4) is 0 Å². The second-order valence-corrected chi connectivity index (χ2v) is 8.72. The Labute approximate surface area is 164 Å². The maximum absolute atomic E-state index is 12.5. The molecule has 0 spiro atoms. The van der Waals surface area contributed by atoms with Crippen molar-refractivity contribution in [1.29, 1.82) is 0 Å². The Morgan fingerprint density at radius 2 is 1.75 bits per heavy atom. The minimum Gasteiger partial charge on any atom is -0.455 e. The van der Waals surface area contributed by atoms with Gasteiger partial charge in [-0.05, 0) is 37.1 Å². The highest BCUT2D eigenvalue weighted by Crippen LogP contribution is 2.18. The number of ether oxygens (including phenoxy) is 1. The molecule has 2 rings (SSSR count). The molecule has 0 heterocycles. The van der Waals surface area contributed by atoms with Gasteiger partial charge in [-0.15, -0.1) is 0 Å². The number of esters is 1. The molecule has 1 fully saturated rings. The topological polar surface area (TPSA) is 122 Å². The van der Waals surface area contributed by atoms with Crippen LogP contribution in [-0.2, 0) is 29.1 Å². The van der Waals surface area contributed by atoms with Gasteiger partial charge in [0.15, 0.2) is 6.61 Å². The lowest BCUT2D eigenvalue weighted by Gasteiger charge is -2.17. The third kappa shape index (κ3) is 6.31. The van der Waals surface area contributed by atoms with Crippen LogP contribution in [0.25, 0.3) is 0 Å². The highest BCUT2D eigenvalue weighted by Gasteiger charge is 2.24. The second kappa shape index (κ2) is 9.65. The van der Waals surface area contributed by atoms with Crippen LogP contribution in [-0.4, -0.2) is 56.7 Å². The van der Waals surface area contributed by atoms with E-state index in [1.807, 2.05) is 0 Å². The molecule has 0 aliphatic heterocycles. The quantitative estimate of drug-likeness (QED) is 0.612. The van der Waals surface area contributed by atoms with Gasteiger partial charge in [-0.3, -0.25) is 14.4 Å². The first-order valence-corrected chi connectivity index (χ1v) is 10.4. The Morgan fingerprint density at radius 3 is 2.32 bits per heavy atom. The van der Waals surface area contributed by atoms with Crippen LogP contribution in [0.5, 0.6) is 0 Å². The maximum atomic E-state index is 12.5. The van der Waals surface area contributed by atoms with Crippen LogP contribution in [0.3, 0.4) is 0 Å². The summed E-state index contributed by atoms with van der Waals surface area (Å²) in [4.78, 5) is 34.6. The molecule has 9 nitrogen and oxygen atoms in total. The molecule has 0 atom stereocenters. The van der Waals surface area contributed by atoms with Gasteiger partial charge in [-0.2, -0.15) is 4.31 Å². The van der Waals surface area contributed by atoms with Crippen LogP contribution in [0.1, 0.15) is 32.6 Å². The number of likely N-dealkylation sites (N-methyl/N-ethyl adjacent to an activating group) is 1. The normalized spacial score (nSPS) is 14.7. The molecule has 0 bridgehead atoms. The first-order valence-electron chi connectivity index (χ1n) is 8.97. The lowest BCUT2D eigenvalue weighted by atomic mass is 10.2. The number of hydrogen-bond donors (Lipinski definition) is 2. The molecule has 0 unspecified atom stereocenters.